The number of hydrogen-bond donors (Lipinski definition) is 3. The van der Waals surface area contributed by atoms with E-state index in [2.05, 4.69) is 25.6 Å². The van der Waals surface area contributed by atoms with E-state index in [1.54, 1.807) is 6.20 Å². The van der Waals surface area contributed by atoms with Crippen molar-refractivity contribution >= 4 is 40.8 Å². The summed E-state index contributed by atoms with van der Waals surface area (Å²) in [6.45, 7) is 2.26. The van der Waals surface area contributed by atoms with Crippen LogP contribution in [0, 0.1) is 17.4 Å². The number of aromatic amines is 1. The highest BCUT2D eigenvalue weighted by molar-refractivity contribution is 6.39. The van der Waals surface area contributed by atoms with Gasteiger partial charge < -0.3 is 15.2 Å². The van der Waals surface area contributed by atoms with Gasteiger partial charge in [-0.05, 0) is 37.3 Å². The summed E-state index contributed by atoms with van der Waals surface area (Å²) in [6.07, 6.45) is 13.0. The molecule has 3 N–H and O–H groups in total. The third-order valence-corrected chi connectivity index (χ3v) is 6.04. The number of amides is 1. The Kier molecular flexibility index (Phi) is 9.20. The Hall–Kier alpha value is -2.76. The van der Waals surface area contributed by atoms with Gasteiger partial charge in [-0.3, -0.25) is 20.1 Å². The Morgan fingerprint density at radius 1 is 1.28 bits per heavy atom. The van der Waals surface area contributed by atoms with Gasteiger partial charge in [-0.25, -0.2) is 0 Å². The second-order valence-corrected chi connectivity index (χ2v) is 8.58. The molecule has 1 fully saturated rings. The number of nitrogens with one attached hydrogen (secondary N) is 3. The van der Waals surface area contributed by atoms with Crippen LogP contribution in [0.3, 0.4) is 0 Å². The molecular weight excluding hydrogens is 449 g/mol. The van der Waals surface area contributed by atoms with Crippen molar-refractivity contribution in [3.8, 4) is 6.19 Å². The summed E-state index contributed by atoms with van der Waals surface area (Å²) in [4.78, 5) is 25.6. The van der Waals surface area contributed by atoms with Gasteiger partial charge in [-0.2, -0.15) is 5.26 Å². The number of H-pyrrole nitrogens is 1. The van der Waals surface area contributed by atoms with Gasteiger partial charge >= 0.3 is 0 Å². The molecule has 0 saturated carbocycles. The Morgan fingerprint density at radius 2 is 2.06 bits per heavy atom. The third-order valence-electron chi connectivity index (χ3n) is 5.46. The van der Waals surface area contributed by atoms with Gasteiger partial charge in [-0.15, -0.1) is 0 Å². The normalized spacial score (nSPS) is 16.1. The molecule has 170 valence electrons. The molecule has 0 bridgehead atoms. The van der Waals surface area contributed by atoms with Crippen LogP contribution in [0.4, 0.5) is 5.69 Å². The first-order valence-electron chi connectivity index (χ1n) is 10.8. The molecule has 3 heterocycles. The van der Waals surface area contributed by atoms with Crippen molar-refractivity contribution in [1.82, 2.24) is 20.2 Å². The number of aromatic nitrogens is 2. The number of unbranched alkanes of at least 4 members (excludes halogenated alkanes) is 3. The zero-order chi connectivity index (χ0) is 22.8. The van der Waals surface area contributed by atoms with Crippen LogP contribution in [0.1, 0.15) is 49.0 Å². The van der Waals surface area contributed by atoms with E-state index in [4.69, 9.17) is 28.5 Å². The summed E-state index contributed by atoms with van der Waals surface area (Å²) < 4.78 is 0. The second-order valence-electron chi connectivity index (χ2n) is 7.76. The van der Waals surface area contributed by atoms with E-state index in [-0.39, 0.29) is 5.91 Å². The number of guanidine groups is 1. The quantitative estimate of drug-likeness (QED) is 0.160. The van der Waals surface area contributed by atoms with E-state index in [0.717, 1.165) is 51.6 Å². The highest BCUT2D eigenvalue weighted by Gasteiger charge is 2.26. The predicted octanol–water partition coefficient (Wildman–Crippen LogP) is 4.67. The van der Waals surface area contributed by atoms with E-state index < -0.39 is 0 Å². The SMILES string of the molecule is N#CNC(=NCCCCCCC1CCN(C(=O)c2ccc[nH]2)C1)Nc1c(Cl)cncc1Cl. The average Bonchev–Trinajstić information content (AvgIpc) is 3.47. The first-order chi connectivity index (χ1) is 15.6. The fraction of sp³-hybridized carbons (Fsp3) is 0.455. The van der Waals surface area contributed by atoms with Crippen LogP contribution in [0.5, 0.6) is 0 Å². The maximum Gasteiger partial charge on any atom is 0.270 e. The number of carbonyl (C=O) groups excluding carboxylic acids is 1. The second kappa shape index (κ2) is 12.3. The topological polar surface area (TPSA) is 109 Å². The van der Waals surface area contributed by atoms with Gasteiger partial charge in [0.15, 0.2) is 6.19 Å². The molecule has 1 saturated heterocycles. The van der Waals surface area contributed by atoms with Crippen molar-refractivity contribution < 1.29 is 4.79 Å². The van der Waals surface area contributed by atoms with Crippen molar-refractivity contribution in [3.63, 3.8) is 0 Å². The monoisotopic (exact) mass is 475 g/mol. The fourth-order valence-corrected chi connectivity index (χ4v) is 4.25. The molecule has 3 rings (SSSR count). The van der Waals surface area contributed by atoms with Gasteiger partial charge in [0.25, 0.3) is 5.91 Å². The lowest BCUT2D eigenvalue weighted by Gasteiger charge is -2.15. The zero-order valence-electron chi connectivity index (χ0n) is 17.8. The molecule has 0 aliphatic carbocycles. The first kappa shape index (κ1) is 23.9. The van der Waals surface area contributed by atoms with Crippen LogP contribution in [-0.2, 0) is 0 Å². The van der Waals surface area contributed by atoms with E-state index in [9.17, 15) is 4.79 Å². The molecule has 2 aromatic rings. The number of aliphatic imine (C=N–C) groups is 1. The number of pyridine rings is 1. The molecule has 0 radical (unpaired) electrons. The minimum atomic E-state index is 0.0973. The van der Waals surface area contributed by atoms with E-state index in [1.807, 2.05) is 23.2 Å². The first-order valence-corrected chi connectivity index (χ1v) is 11.5. The maximum absolute atomic E-state index is 12.4. The van der Waals surface area contributed by atoms with Gasteiger partial charge in [0, 0.05) is 38.2 Å². The molecule has 1 aliphatic rings. The lowest BCUT2D eigenvalue weighted by atomic mass is 10.00. The number of likely N-dealkylation sites (tertiary alicyclic amines) is 1. The highest BCUT2D eigenvalue weighted by Crippen LogP contribution is 2.28. The molecule has 10 heteroatoms. The number of carbonyl (C=O) groups is 1. The Morgan fingerprint density at radius 3 is 2.78 bits per heavy atom. The zero-order valence-corrected chi connectivity index (χ0v) is 19.3. The molecule has 1 aliphatic heterocycles. The molecule has 0 spiro atoms. The van der Waals surface area contributed by atoms with E-state index in [1.165, 1.54) is 12.4 Å². The lowest BCUT2D eigenvalue weighted by molar-refractivity contribution is 0.0781. The van der Waals surface area contributed by atoms with Crippen molar-refractivity contribution in [1.29, 1.82) is 5.26 Å². The van der Waals surface area contributed by atoms with Gasteiger partial charge in [0.05, 0.1) is 15.7 Å². The number of rotatable bonds is 9. The summed E-state index contributed by atoms with van der Waals surface area (Å²) in [5.41, 5.74) is 1.13. The summed E-state index contributed by atoms with van der Waals surface area (Å²) in [7, 11) is 0. The Bertz CT molecular complexity index is 935. The van der Waals surface area contributed by atoms with Crippen LogP contribution in [0.2, 0.25) is 10.0 Å². The molecule has 1 unspecified atom stereocenters. The van der Waals surface area contributed by atoms with Gasteiger partial charge in [0.1, 0.15) is 5.69 Å². The number of hydrogen-bond acceptors (Lipinski definition) is 4. The summed E-state index contributed by atoms with van der Waals surface area (Å²) in [5, 5.41) is 15.1. The predicted molar refractivity (Wildman–Crippen MR) is 127 cm³/mol. The van der Waals surface area contributed by atoms with Crippen molar-refractivity contribution in [2.75, 3.05) is 25.0 Å². The van der Waals surface area contributed by atoms with Gasteiger partial charge in [-0.1, -0.05) is 42.5 Å². The number of halogens is 2. The Labute approximate surface area is 198 Å². The molecule has 1 amide bonds. The molecule has 8 nitrogen and oxygen atoms in total. The summed E-state index contributed by atoms with van der Waals surface area (Å²) in [6, 6.07) is 3.68. The minimum absolute atomic E-state index is 0.0973. The van der Waals surface area contributed by atoms with Crippen LogP contribution in [-0.4, -0.2) is 46.4 Å². The van der Waals surface area contributed by atoms with Crippen molar-refractivity contribution in [2.45, 2.75) is 38.5 Å². The largest absolute Gasteiger partial charge is 0.357 e. The van der Waals surface area contributed by atoms with E-state index >= 15 is 0 Å². The molecule has 0 aromatic carbocycles. The maximum atomic E-state index is 12.4. The van der Waals surface area contributed by atoms with Crippen molar-refractivity contribution in [3.05, 3.63) is 46.5 Å². The number of nitrogens with zero attached hydrogens (tertiary/aromatic N) is 4. The molecular formula is C22H27Cl2N7O. The van der Waals surface area contributed by atoms with E-state index in [0.29, 0.717) is 39.8 Å². The van der Waals surface area contributed by atoms with Crippen LogP contribution in [0.25, 0.3) is 0 Å². The number of anilines is 1. The van der Waals surface area contributed by atoms with Crippen LogP contribution in [0.15, 0.2) is 35.7 Å². The third kappa shape index (κ3) is 6.87. The van der Waals surface area contributed by atoms with Gasteiger partial charge in [0.2, 0.25) is 5.96 Å². The smallest absolute Gasteiger partial charge is 0.270 e. The van der Waals surface area contributed by atoms with Crippen LogP contribution >= 0.6 is 23.2 Å². The summed E-state index contributed by atoms with van der Waals surface area (Å²) >= 11 is 12.2. The fourth-order valence-electron chi connectivity index (χ4n) is 3.79. The number of nitriles is 1. The van der Waals surface area contributed by atoms with Crippen molar-refractivity contribution in [2.24, 2.45) is 10.9 Å². The highest BCUT2D eigenvalue weighted by atomic mass is 35.5. The average molecular weight is 476 g/mol. The molecule has 1 atom stereocenters. The van der Waals surface area contributed by atoms with Crippen LogP contribution < -0.4 is 10.6 Å². The standard InChI is InChI=1S/C22H27Cl2N7O/c23-17-12-26-13-18(24)20(17)30-22(29-15-25)28-9-4-2-1-3-6-16-8-11-31(14-16)21(32)19-7-5-10-27-19/h5,7,10,12-13,16,27H,1-4,6,8-9,11,14H2,(H2,26,28,29,30). The lowest BCUT2D eigenvalue weighted by Crippen LogP contribution is -2.28. The molecule has 2 aromatic heterocycles. The Balaban J connectivity index is 1.33. The molecule has 32 heavy (non-hydrogen) atoms. The minimum Gasteiger partial charge on any atom is -0.357 e. The summed E-state index contributed by atoms with van der Waals surface area (Å²) in [5.74, 6) is 0.984.